The average molecular weight is 331 g/mol. The minimum Gasteiger partial charge on any atom is -0.460 e. The highest BCUT2D eigenvalue weighted by Crippen LogP contribution is 2.21. The van der Waals surface area contributed by atoms with Gasteiger partial charge >= 0.3 is 6.01 Å². The third kappa shape index (κ3) is 3.88. The van der Waals surface area contributed by atoms with Crippen molar-refractivity contribution in [2.75, 3.05) is 13.1 Å². The zero-order valence-corrected chi connectivity index (χ0v) is 14.3. The summed E-state index contributed by atoms with van der Waals surface area (Å²) in [6.07, 6.45) is 6.24. The normalized spacial score (nSPS) is 15.7. The topological polar surface area (TPSA) is 55.3 Å². The van der Waals surface area contributed by atoms with Gasteiger partial charge in [-0.15, -0.1) is 11.3 Å². The Morgan fingerprint density at radius 3 is 2.61 bits per heavy atom. The van der Waals surface area contributed by atoms with Crippen LogP contribution in [-0.4, -0.2) is 40.0 Å². The van der Waals surface area contributed by atoms with Crippen LogP contribution < -0.4 is 4.74 Å². The molecule has 0 unspecified atom stereocenters. The minimum atomic E-state index is 0.0802. The Labute approximate surface area is 140 Å². The van der Waals surface area contributed by atoms with Crippen LogP contribution in [0.4, 0.5) is 0 Å². The number of rotatable bonds is 4. The number of hydrogen-bond acceptors (Lipinski definition) is 5. The molecule has 1 saturated heterocycles. The zero-order valence-electron chi connectivity index (χ0n) is 13.5. The molecule has 1 fully saturated rings. The molecule has 2 aromatic heterocycles. The van der Waals surface area contributed by atoms with E-state index in [9.17, 15) is 4.79 Å². The highest BCUT2D eigenvalue weighted by atomic mass is 32.1. The fourth-order valence-electron chi connectivity index (χ4n) is 2.61. The van der Waals surface area contributed by atoms with Crippen LogP contribution in [0.1, 0.15) is 40.6 Å². The second kappa shape index (κ2) is 7.08. The largest absolute Gasteiger partial charge is 0.460 e. The van der Waals surface area contributed by atoms with Gasteiger partial charge in [-0.1, -0.05) is 6.92 Å². The number of likely N-dealkylation sites (tertiary alicyclic amines) is 1. The molecule has 3 rings (SSSR count). The standard InChI is InChI=1S/C17H21N3O2S/c1-3-13-9-18-17(19-10-13)22-14-4-6-20(7-5-14)16(21)15-8-12(2)11-23-15/h8-11,14H,3-7H2,1-2H3. The van der Waals surface area contributed by atoms with E-state index in [1.807, 2.05) is 23.3 Å². The lowest BCUT2D eigenvalue weighted by Crippen LogP contribution is -2.41. The zero-order chi connectivity index (χ0) is 16.2. The van der Waals surface area contributed by atoms with Gasteiger partial charge in [0.25, 0.3) is 5.91 Å². The maximum Gasteiger partial charge on any atom is 0.316 e. The predicted molar refractivity (Wildman–Crippen MR) is 90.0 cm³/mol. The fraction of sp³-hybridized carbons (Fsp3) is 0.471. The Morgan fingerprint density at radius 2 is 2.04 bits per heavy atom. The number of piperidine rings is 1. The molecule has 0 bridgehead atoms. The van der Waals surface area contributed by atoms with E-state index in [1.165, 1.54) is 11.3 Å². The van der Waals surface area contributed by atoms with E-state index in [0.29, 0.717) is 19.1 Å². The summed E-state index contributed by atoms with van der Waals surface area (Å²) < 4.78 is 5.84. The van der Waals surface area contributed by atoms with E-state index < -0.39 is 0 Å². The summed E-state index contributed by atoms with van der Waals surface area (Å²) in [5, 5.41) is 2.01. The molecule has 1 aliphatic rings. The predicted octanol–water partition coefficient (Wildman–Crippen LogP) is 3.09. The van der Waals surface area contributed by atoms with E-state index >= 15 is 0 Å². The van der Waals surface area contributed by atoms with Gasteiger partial charge in [-0.3, -0.25) is 4.79 Å². The molecule has 0 saturated carbocycles. The van der Waals surface area contributed by atoms with Gasteiger partial charge in [0, 0.05) is 38.3 Å². The molecule has 1 amide bonds. The molecule has 23 heavy (non-hydrogen) atoms. The van der Waals surface area contributed by atoms with Crippen molar-refractivity contribution in [1.29, 1.82) is 0 Å². The number of nitrogens with zero attached hydrogens (tertiary/aromatic N) is 3. The monoisotopic (exact) mass is 331 g/mol. The van der Waals surface area contributed by atoms with Crippen LogP contribution in [0.5, 0.6) is 6.01 Å². The first-order valence-electron chi connectivity index (χ1n) is 7.97. The summed E-state index contributed by atoms with van der Waals surface area (Å²) in [6, 6.07) is 2.39. The summed E-state index contributed by atoms with van der Waals surface area (Å²) in [4.78, 5) is 23.6. The number of thiophene rings is 1. The first-order chi connectivity index (χ1) is 11.2. The second-order valence-electron chi connectivity index (χ2n) is 5.83. The number of aromatic nitrogens is 2. The van der Waals surface area contributed by atoms with E-state index in [2.05, 4.69) is 16.9 Å². The van der Waals surface area contributed by atoms with Crippen molar-refractivity contribution in [2.45, 2.75) is 39.2 Å². The van der Waals surface area contributed by atoms with Gasteiger partial charge in [-0.05, 0) is 35.9 Å². The first kappa shape index (κ1) is 15.9. The van der Waals surface area contributed by atoms with Crippen molar-refractivity contribution in [3.05, 3.63) is 39.8 Å². The van der Waals surface area contributed by atoms with E-state index in [-0.39, 0.29) is 12.0 Å². The van der Waals surface area contributed by atoms with Crippen LogP contribution in [-0.2, 0) is 6.42 Å². The van der Waals surface area contributed by atoms with Crippen LogP contribution in [0.2, 0.25) is 0 Å². The Hall–Kier alpha value is -1.95. The van der Waals surface area contributed by atoms with Crippen LogP contribution >= 0.6 is 11.3 Å². The van der Waals surface area contributed by atoms with E-state index in [1.54, 1.807) is 12.4 Å². The van der Waals surface area contributed by atoms with Gasteiger partial charge in [-0.2, -0.15) is 0 Å². The lowest BCUT2D eigenvalue weighted by molar-refractivity contribution is 0.0583. The number of amides is 1. The summed E-state index contributed by atoms with van der Waals surface area (Å²) >= 11 is 1.52. The molecular formula is C17H21N3O2S. The van der Waals surface area contributed by atoms with Crippen molar-refractivity contribution in [1.82, 2.24) is 14.9 Å². The van der Waals surface area contributed by atoms with Crippen LogP contribution in [0.3, 0.4) is 0 Å². The molecule has 6 heteroatoms. The molecule has 122 valence electrons. The van der Waals surface area contributed by atoms with Crippen molar-refractivity contribution in [3.63, 3.8) is 0 Å². The molecule has 3 heterocycles. The van der Waals surface area contributed by atoms with Crippen molar-refractivity contribution < 1.29 is 9.53 Å². The third-order valence-electron chi connectivity index (χ3n) is 4.03. The molecule has 5 nitrogen and oxygen atoms in total. The maximum atomic E-state index is 12.4. The molecule has 0 spiro atoms. The van der Waals surface area contributed by atoms with Gasteiger partial charge in [0.1, 0.15) is 6.10 Å². The number of carbonyl (C=O) groups excluding carboxylic acids is 1. The first-order valence-corrected chi connectivity index (χ1v) is 8.85. The average Bonchev–Trinajstić information content (AvgIpc) is 3.02. The summed E-state index contributed by atoms with van der Waals surface area (Å²) in [7, 11) is 0. The maximum absolute atomic E-state index is 12.4. The lowest BCUT2D eigenvalue weighted by Gasteiger charge is -2.31. The molecule has 0 radical (unpaired) electrons. The Kier molecular flexibility index (Phi) is 4.91. The van der Waals surface area contributed by atoms with Crippen molar-refractivity contribution in [3.8, 4) is 6.01 Å². The minimum absolute atomic E-state index is 0.0802. The summed E-state index contributed by atoms with van der Waals surface area (Å²) in [6.45, 7) is 5.51. The number of aryl methyl sites for hydroxylation is 2. The van der Waals surface area contributed by atoms with Crippen LogP contribution in [0.25, 0.3) is 0 Å². The van der Waals surface area contributed by atoms with Gasteiger partial charge in [0.15, 0.2) is 0 Å². The Morgan fingerprint density at radius 1 is 1.35 bits per heavy atom. The van der Waals surface area contributed by atoms with Crippen LogP contribution in [0.15, 0.2) is 23.8 Å². The molecular weight excluding hydrogens is 310 g/mol. The lowest BCUT2D eigenvalue weighted by atomic mass is 10.1. The van der Waals surface area contributed by atoms with E-state index in [0.717, 1.165) is 35.3 Å². The van der Waals surface area contributed by atoms with Crippen molar-refractivity contribution >= 4 is 17.2 Å². The van der Waals surface area contributed by atoms with Crippen molar-refractivity contribution in [2.24, 2.45) is 0 Å². The SMILES string of the molecule is CCc1cnc(OC2CCN(C(=O)c3cc(C)cs3)CC2)nc1. The number of hydrogen-bond donors (Lipinski definition) is 0. The van der Waals surface area contributed by atoms with Gasteiger partial charge in [0.2, 0.25) is 0 Å². The van der Waals surface area contributed by atoms with E-state index in [4.69, 9.17) is 4.74 Å². The van der Waals surface area contributed by atoms with Gasteiger partial charge in [0.05, 0.1) is 4.88 Å². The molecule has 0 N–H and O–H groups in total. The quantitative estimate of drug-likeness (QED) is 0.864. The van der Waals surface area contributed by atoms with Gasteiger partial charge in [-0.25, -0.2) is 9.97 Å². The third-order valence-corrected chi connectivity index (χ3v) is 5.07. The van der Waals surface area contributed by atoms with Crippen LogP contribution in [0, 0.1) is 6.92 Å². The fourth-order valence-corrected chi connectivity index (χ4v) is 3.48. The molecule has 0 atom stereocenters. The molecule has 0 aliphatic carbocycles. The highest BCUT2D eigenvalue weighted by molar-refractivity contribution is 7.12. The Balaban J connectivity index is 1.52. The van der Waals surface area contributed by atoms with Gasteiger partial charge < -0.3 is 9.64 Å². The summed E-state index contributed by atoms with van der Waals surface area (Å²) in [5.41, 5.74) is 2.24. The second-order valence-corrected chi connectivity index (χ2v) is 6.74. The molecule has 0 aromatic carbocycles. The number of carbonyl (C=O) groups is 1. The molecule has 1 aliphatic heterocycles. The number of ether oxygens (including phenoxy) is 1. The highest BCUT2D eigenvalue weighted by Gasteiger charge is 2.25. The Bertz CT molecular complexity index is 661. The smallest absolute Gasteiger partial charge is 0.316 e. The summed E-state index contributed by atoms with van der Waals surface area (Å²) in [5.74, 6) is 0.130. The molecule has 2 aromatic rings.